The van der Waals surface area contributed by atoms with Crippen molar-refractivity contribution in [1.82, 2.24) is 15.0 Å². The quantitative estimate of drug-likeness (QED) is 0.777. The van der Waals surface area contributed by atoms with Gasteiger partial charge in [-0.05, 0) is 6.42 Å². The van der Waals surface area contributed by atoms with E-state index in [0.29, 0.717) is 18.9 Å². The van der Waals surface area contributed by atoms with Crippen LogP contribution in [0.3, 0.4) is 0 Å². The summed E-state index contributed by atoms with van der Waals surface area (Å²) in [4.78, 5) is 1.70. The van der Waals surface area contributed by atoms with Gasteiger partial charge in [0.25, 0.3) is 0 Å². The first-order chi connectivity index (χ1) is 7.41. The van der Waals surface area contributed by atoms with E-state index in [2.05, 4.69) is 10.3 Å². The Labute approximate surface area is 90.0 Å². The number of nitrogens with zero attached hydrogens (tertiary/aromatic N) is 4. The number of aromatic nitrogens is 3. The van der Waals surface area contributed by atoms with Crippen molar-refractivity contribution in [2.24, 2.45) is 5.73 Å². The zero-order chi connectivity index (χ0) is 11.9. The van der Waals surface area contributed by atoms with Crippen LogP contribution >= 0.6 is 0 Å². The maximum atomic E-state index is 12.5. The molecule has 0 saturated heterocycles. The molecular weight excluding hydrogens is 223 g/mol. The number of nitrogens with two attached hydrogens (primary N) is 1. The van der Waals surface area contributed by atoms with E-state index in [9.17, 15) is 13.2 Å². The molecule has 0 bridgehead atoms. The van der Waals surface area contributed by atoms with E-state index in [1.54, 1.807) is 11.9 Å². The van der Waals surface area contributed by atoms with E-state index in [0.717, 1.165) is 6.42 Å². The molecule has 0 spiro atoms. The minimum absolute atomic E-state index is 0.199. The minimum atomic E-state index is -4.49. The van der Waals surface area contributed by atoms with Crippen molar-refractivity contribution in [1.29, 1.82) is 0 Å². The molecule has 2 N–H and O–H groups in total. The number of fused-ring (bicyclic) bond motifs is 1. The van der Waals surface area contributed by atoms with Crippen LogP contribution in [0.25, 0.3) is 0 Å². The van der Waals surface area contributed by atoms with Crippen molar-refractivity contribution in [2.45, 2.75) is 25.2 Å². The van der Waals surface area contributed by atoms with E-state index in [4.69, 9.17) is 5.73 Å². The van der Waals surface area contributed by atoms with Crippen LogP contribution in [-0.2, 0) is 6.54 Å². The van der Waals surface area contributed by atoms with Gasteiger partial charge in [-0.1, -0.05) is 5.21 Å². The molecule has 2 rings (SSSR count). The number of aryl methyl sites for hydroxylation is 1. The van der Waals surface area contributed by atoms with Crippen LogP contribution < -0.4 is 10.6 Å². The van der Waals surface area contributed by atoms with Crippen LogP contribution in [-0.4, -0.2) is 34.8 Å². The summed E-state index contributed by atoms with van der Waals surface area (Å²) in [5, 5.41) is 7.23. The van der Waals surface area contributed by atoms with Crippen LogP contribution in [0.15, 0.2) is 0 Å². The van der Waals surface area contributed by atoms with Gasteiger partial charge in [-0.2, -0.15) is 13.2 Å². The van der Waals surface area contributed by atoms with Crippen LogP contribution in [0.2, 0.25) is 0 Å². The molecule has 8 heteroatoms. The number of rotatable bonds is 1. The van der Waals surface area contributed by atoms with Crippen LogP contribution in [0.1, 0.15) is 18.2 Å². The highest BCUT2D eigenvalue weighted by Crippen LogP contribution is 2.35. The summed E-state index contributed by atoms with van der Waals surface area (Å²) in [6.45, 7) is 1.27. The monoisotopic (exact) mass is 235 g/mol. The van der Waals surface area contributed by atoms with Crippen molar-refractivity contribution in [3.63, 3.8) is 0 Å². The first-order valence-electron chi connectivity index (χ1n) is 4.88. The maximum Gasteiger partial charge on any atom is 0.409 e. The van der Waals surface area contributed by atoms with E-state index in [-0.39, 0.29) is 5.69 Å². The number of alkyl halides is 3. The molecule has 90 valence electrons. The Morgan fingerprint density at radius 1 is 1.38 bits per heavy atom. The molecule has 0 aromatic carbocycles. The van der Waals surface area contributed by atoms with Gasteiger partial charge in [-0.3, -0.25) is 0 Å². The average Bonchev–Trinajstić information content (AvgIpc) is 2.60. The second-order valence-electron chi connectivity index (χ2n) is 3.82. The van der Waals surface area contributed by atoms with Crippen molar-refractivity contribution in [3.05, 3.63) is 5.69 Å². The Bertz CT molecular complexity index is 386. The van der Waals surface area contributed by atoms with E-state index >= 15 is 0 Å². The maximum absolute atomic E-state index is 12.5. The predicted octanol–water partition coefficient (Wildman–Crippen LogP) is 0.680. The molecule has 0 radical (unpaired) electrons. The van der Waals surface area contributed by atoms with Crippen LogP contribution in [0.4, 0.5) is 19.0 Å². The fourth-order valence-corrected chi connectivity index (χ4v) is 1.78. The van der Waals surface area contributed by atoms with E-state index in [1.165, 1.54) is 4.68 Å². The summed E-state index contributed by atoms with van der Waals surface area (Å²) in [6, 6.07) is -2.07. The number of anilines is 1. The largest absolute Gasteiger partial charge is 0.409 e. The molecule has 0 aliphatic carbocycles. The van der Waals surface area contributed by atoms with Crippen molar-refractivity contribution < 1.29 is 13.2 Å². The van der Waals surface area contributed by atoms with Crippen LogP contribution in [0, 0.1) is 0 Å². The Kier molecular flexibility index (Phi) is 2.53. The molecule has 0 fully saturated rings. The highest BCUT2D eigenvalue weighted by Gasteiger charge is 2.42. The van der Waals surface area contributed by atoms with E-state index in [1.807, 2.05) is 0 Å². The molecule has 1 aromatic rings. The summed E-state index contributed by atoms with van der Waals surface area (Å²) in [5.74, 6) is 0.371. The molecule has 0 saturated carbocycles. The lowest BCUT2D eigenvalue weighted by Crippen LogP contribution is -2.33. The molecule has 16 heavy (non-hydrogen) atoms. The highest BCUT2D eigenvalue weighted by atomic mass is 19.4. The van der Waals surface area contributed by atoms with Gasteiger partial charge in [0.1, 0.15) is 11.7 Å². The fourth-order valence-electron chi connectivity index (χ4n) is 1.78. The lowest BCUT2D eigenvalue weighted by molar-refractivity contribution is -0.149. The first-order valence-corrected chi connectivity index (χ1v) is 4.88. The van der Waals surface area contributed by atoms with Gasteiger partial charge >= 0.3 is 6.18 Å². The standard InChI is InChI=1S/C8H12F3N5/c1-15-3-2-4-16-7(15)5(13-14-16)6(12)8(9,10)11/h6H,2-4,12H2,1H3. The third-order valence-corrected chi connectivity index (χ3v) is 2.61. The topological polar surface area (TPSA) is 60.0 Å². The number of halogens is 3. The average molecular weight is 235 g/mol. The van der Waals surface area contributed by atoms with Gasteiger partial charge in [-0.25, -0.2) is 4.68 Å². The summed E-state index contributed by atoms with van der Waals surface area (Å²) in [6.07, 6.45) is -3.65. The first kappa shape index (κ1) is 11.2. The van der Waals surface area contributed by atoms with Gasteiger partial charge in [-0.15, -0.1) is 5.10 Å². The van der Waals surface area contributed by atoms with Gasteiger partial charge in [0.2, 0.25) is 0 Å². The van der Waals surface area contributed by atoms with Crippen molar-refractivity contribution in [3.8, 4) is 0 Å². The smallest absolute Gasteiger partial charge is 0.358 e. The van der Waals surface area contributed by atoms with Gasteiger partial charge in [0.05, 0.1) is 0 Å². The lowest BCUT2D eigenvalue weighted by atomic mass is 10.2. The Morgan fingerprint density at radius 3 is 2.69 bits per heavy atom. The molecule has 1 aromatic heterocycles. The number of hydrogen-bond acceptors (Lipinski definition) is 4. The summed E-state index contributed by atoms with van der Waals surface area (Å²) in [7, 11) is 1.71. The SMILES string of the molecule is CN1CCCn2nnc(C(N)C(F)(F)F)c21. The second-order valence-corrected chi connectivity index (χ2v) is 3.82. The number of hydrogen-bond donors (Lipinski definition) is 1. The molecule has 1 atom stereocenters. The van der Waals surface area contributed by atoms with Gasteiger partial charge in [0.15, 0.2) is 5.82 Å². The molecule has 1 unspecified atom stereocenters. The zero-order valence-corrected chi connectivity index (χ0v) is 8.70. The Balaban J connectivity index is 2.40. The second kappa shape index (κ2) is 3.62. The van der Waals surface area contributed by atoms with E-state index < -0.39 is 12.2 Å². The van der Waals surface area contributed by atoms with Crippen LogP contribution in [0.5, 0.6) is 0 Å². The molecule has 5 nitrogen and oxygen atoms in total. The molecule has 1 aliphatic heterocycles. The highest BCUT2D eigenvalue weighted by molar-refractivity contribution is 5.46. The van der Waals surface area contributed by atoms with Gasteiger partial charge < -0.3 is 10.6 Å². The molecule has 0 amide bonds. The molecular formula is C8H12F3N5. The summed E-state index contributed by atoms with van der Waals surface area (Å²) >= 11 is 0. The third-order valence-electron chi connectivity index (χ3n) is 2.61. The molecule has 2 heterocycles. The lowest BCUT2D eigenvalue weighted by Gasteiger charge is -2.26. The molecule has 1 aliphatic rings. The third kappa shape index (κ3) is 1.73. The van der Waals surface area contributed by atoms with Gasteiger partial charge in [0, 0.05) is 20.1 Å². The minimum Gasteiger partial charge on any atom is -0.358 e. The van der Waals surface area contributed by atoms with Crippen molar-refractivity contribution in [2.75, 3.05) is 18.5 Å². The Hall–Kier alpha value is -1.31. The summed E-state index contributed by atoms with van der Waals surface area (Å²) < 4.78 is 38.9. The predicted molar refractivity (Wildman–Crippen MR) is 50.9 cm³/mol. The zero-order valence-electron chi connectivity index (χ0n) is 8.70. The fraction of sp³-hybridized carbons (Fsp3) is 0.750. The summed E-state index contributed by atoms with van der Waals surface area (Å²) in [5.41, 5.74) is 4.94. The Morgan fingerprint density at radius 2 is 2.06 bits per heavy atom. The van der Waals surface area contributed by atoms with Crippen molar-refractivity contribution >= 4 is 5.82 Å². The normalized spacial score (nSPS) is 18.4.